The van der Waals surface area contributed by atoms with Crippen molar-refractivity contribution in [2.24, 2.45) is 11.8 Å². The molecule has 0 aromatic carbocycles. The monoisotopic (exact) mass is 251 g/mol. The quantitative estimate of drug-likeness (QED) is 0.599. The first-order valence-corrected chi connectivity index (χ1v) is 6.76. The summed E-state index contributed by atoms with van der Waals surface area (Å²) < 4.78 is 5.06. The lowest BCUT2D eigenvalue weighted by molar-refractivity contribution is -0.149. The van der Waals surface area contributed by atoms with E-state index in [1.807, 2.05) is 0 Å². The minimum atomic E-state index is -0.822. The Balaban J connectivity index is 2.00. The molecule has 0 unspecified atom stereocenters. The number of carbonyl (C=O) groups excluding carboxylic acids is 2. The minimum absolute atomic E-state index is 0.00454. The molecule has 2 saturated carbocycles. The predicted octanol–water partition coefficient (Wildman–Crippen LogP) is 1.80. The fourth-order valence-corrected chi connectivity index (χ4v) is 2.77. The van der Waals surface area contributed by atoms with Crippen LogP contribution in [0.2, 0.25) is 0 Å². The van der Waals surface area contributed by atoms with Crippen LogP contribution in [-0.2, 0) is 14.3 Å². The van der Waals surface area contributed by atoms with E-state index in [1.54, 1.807) is 13.0 Å². The van der Waals surface area contributed by atoms with E-state index in [9.17, 15) is 9.59 Å². The molecule has 2 aliphatic rings. The van der Waals surface area contributed by atoms with E-state index in [-0.39, 0.29) is 23.7 Å². The standard InChI is InChI=1S/C14H21NO3/c1-3-11-9-14(11,13(17)18-4-2)15-12(16)10-7-5-6-8-10/h3,10-11H,1,4-9H2,2H3,(H,15,16)/t11-,14-/m1/s1. The van der Waals surface area contributed by atoms with Crippen LogP contribution in [0.5, 0.6) is 0 Å². The molecule has 0 aromatic heterocycles. The van der Waals surface area contributed by atoms with Gasteiger partial charge in [-0.1, -0.05) is 18.9 Å². The van der Waals surface area contributed by atoms with Gasteiger partial charge in [0.15, 0.2) is 0 Å². The molecule has 0 radical (unpaired) electrons. The Bertz CT molecular complexity index is 360. The Kier molecular flexibility index (Phi) is 3.73. The molecule has 2 rings (SSSR count). The summed E-state index contributed by atoms with van der Waals surface area (Å²) in [5.74, 6) is -0.226. The third kappa shape index (κ3) is 2.28. The van der Waals surface area contributed by atoms with Crippen molar-refractivity contribution in [3.05, 3.63) is 12.7 Å². The van der Waals surface area contributed by atoms with Gasteiger partial charge < -0.3 is 10.1 Å². The summed E-state index contributed by atoms with van der Waals surface area (Å²) in [6.45, 7) is 5.82. The molecule has 0 saturated heterocycles. The van der Waals surface area contributed by atoms with Gasteiger partial charge in [-0.25, -0.2) is 4.79 Å². The van der Waals surface area contributed by atoms with Crippen molar-refractivity contribution < 1.29 is 14.3 Å². The fourth-order valence-electron chi connectivity index (χ4n) is 2.77. The van der Waals surface area contributed by atoms with E-state index in [2.05, 4.69) is 11.9 Å². The highest BCUT2D eigenvalue weighted by molar-refractivity contribution is 5.92. The van der Waals surface area contributed by atoms with Crippen LogP contribution in [0.1, 0.15) is 39.0 Å². The zero-order valence-electron chi connectivity index (χ0n) is 10.9. The summed E-state index contributed by atoms with van der Waals surface area (Å²) in [6, 6.07) is 0. The predicted molar refractivity (Wildman–Crippen MR) is 67.8 cm³/mol. The molecule has 0 aliphatic heterocycles. The molecule has 100 valence electrons. The lowest BCUT2D eigenvalue weighted by atomic mass is 10.1. The van der Waals surface area contributed by atoms with Gasteiger partial charge in [0.1, 0.15) is 5.54 Å². The second-order valence-corrected chi connectivity index (χ2v) is 5.21. The zero-order chi connectivity index (χ0) is 13.2. The third-order valence-corrected chi connectivity index (χ3v) is 4.01. The SMILES string of the molecule is C=C[C@@H]1C[C@]1(NC(=O)C1CCCC1)C(=O)OCC. The van der Waals surface area contributed by atoms with Gasteiger partial charge in [0, 0.05) is 11.8 Å². The van der Waals surface area contributed by atoms with Gasteiger partial charge in [-0.2, -0.15) is 0 Å². The summed E-state index contributed by atoms with van der Waals surface area (Å²) >= 11 is 0. The van der Waals surface area contributed by atoms with Crippen LogP contribution in [0.4, 0.5) is 0 Å². The average Bonchev–Trinajstić information content (AvgIpc) is 2.82. The highest BCUT2D eigenvalue weighted by Crippen LogP contribution is 2.45. The fraction of sp³-hybridized carbons (Fsp3) is 0.714. The Hall–Kier alpha value is -1.32. The van der Waals surface area contributed by atoms with Gasteiger partial charge in [-0.05, 0) is 26.2 Å². The second-order valence-electron chi connectivity index (χ2n) is 5.21. The van der Waals surface area contributed by atoms with Gasteiger partial charge in [0.05, 0.1) is 6.61 Å². The number of amides is 1. The van der Waals surface area contributed by atoms with Crippen LogP contribution in [0, 0.1) is 11.8 Å². The second kappa shape index (κ2) is 5.12. The van der Waals surface area contributed by atoms with E-state index in [0.29, 0.717) is 13.0 Å². The number of nitrogens with one attached hydrogen (secondary N) is 1. The Morgan fingerprint density at radius 3 is 2.61 bits per heavy atom. The number of ether oxygens (including phenoxy) is 1. The maximum Gasteiger partial charge on any atom is 0.332 e. The van der Waals surface area contributed by atoms with E-state index in [4.69, 9.17) is 4.74 Å². The van der Waals surface area contributed by atoms with Crippen molar-refractivity contribution in [2.45, 2.75) is 44.6 Å². The average molecular weight is 251 g/mol. The summed E-state index contributed by atoms with van der Waals surface area (Å²) in [5, 5.41) is 2.91. The molecule has 2 fully saturated rings. The van der Waals surface area contributed by atoms with Crippen molar-refractivity contribution in [1.82, 2.24) is 5.32 Å². The zero-order valence-corrected chi connectivity index (χ0v) is 10.9. The number of rotatable bonds is 5. The van der Waals surface area contributed by atoms with Crippen molar-refractivity contribution >= 4 is 11.9 Å². The first kappa shape index (κ1) is 13.1. The molecule has 4 nitrogen and oxygen atoms in total. The highest BCUT2D eigenvalue weighted by Gasteiger charge is 2.61. The Morgan fingerprint density at radius 1 is 1.44 bits per heavy atom. The van der Waals surface area contributed by atoms with Crippen molar-refractivity contribution in [3.8, 4) is 0 Å². The Labute approximate surface area is 108 Å². The number of hydrogen-bond donors (Lipinski definition) is 1. The molecule has 4 heteroatoms. The van der Waals surface area contributed by atoms with E-state index >= 15 is 0 Å². The molecule has 2 aliphatic carbocycles. The van der Waals surface area contributed by atoms with Crippen molar-refractivity contribution in [3.63, 3.8) is 0 Å². The molecule has 0 heterocycles. The normalized spacial score (nSPS) is 30.8. The third-order valence-electron chi connectivity index (χ3n) is 4.01. The van der Waals surface area contributed by atoms with Crippen LogP contribution in [0.15, 0.2) is 12.7 Å². The van der Waals surface area contributed by atoms with E-state index in [1.165, 1.54) is 0 Å². The lowest BCUT2D eigenvalue weighted by Gasteiger charge is -2.19. The summed E-state index contributed by atoms with van der Waals surface area (Å²) in [4.78, 5) is 24.1. The van der Waals surface area contributed by atoms with Gasteiger partial charge in [-0.3, -0.25) is 4.79 Å². The highest BCUT2D eigenvalue weighted by atomic mass is 16.5. The summed E-state index contributed by atoms with van der Waals surface area (Å²) in [7, 11) is 0. The lowest BCUT2D eigenvalue weighted by Crippen LogP contribution is -2.47. The molecular weight excluding hydrogens is 230 g/mol. The van der Waals surface area contributed by atoms with E-state index < -0.39 is 5.54 Å². The first-order chi connectivity index (χ1) is 8.64. The minimum Gasteiger partial charge on any atom is -0.464 e. The number of hydrogen-bond acceptors (Lipinski definition) is 3. The van der Waals surface area contributed by atoms with Crippen LogP contribution in [0.25, 0.3) is 0 Å². The maximum absolute atomic E-state index is 12.1. The summed E-state index contributed by atoms with van der Waals surface area (Å²) in [6.07, 6.45) is 6.43. The maximum atomic E-state index is 12.1. The molecule has 0 aromatic rings. The van der Waals surface area contributed by atoms with Gasteiger partial charge >= 0.3 is 5.97 Å². The van der Waals surface area contributed by atoms with Gasteiger partial charge in [0.2, 0.25) is 5.91 Å². The van der Waals surface area contributed by atoms with E-state index in [0.717, 1.165) is 25.7 Å². The Morgan fingerprint density at radius 2 is 2.11 bits per heavy atom. The largest absolute Gasteiger partial charge is 0.464 e. The molecule has 18 heavy (non-hydrogen) atoms. The number of esters is 1. The van der Waals surface area contributed by atoms with Crippen molar-refractivity contribution in [1.29, 1.82) is 0 Å². The van der Waals surface area contributed by atoms with Crippen LogP contribution in [0.3, 0.4) is 0 Å². The molecule has 1 N–H and O–H groups in total. The van der Waals surface area contributed by atoms with Crippen LogP contribution in [-0.4, -0.2) is 24.0 Å². The van der Waals surface area contributed by atoms with Crippen molar-refractivity contribution in [2.75, 3.05) is 6.61 Å². The molecule has 0 spiro atoms. The molecular formula is C14H21NO3. The van der Waals surface area contributed by atoms with Gasteiger partial charge in [-0.15, -0.1) is 6.58 Å². The molecule has 1 amide bonds. The summed E-state index contributed by atoms with van der Waals surface area (Å²) in [5.41, 5.74) is -0.822. The number of carbonyl (C=O) groups is 2. The van der Waals surface area contributed by atoms with Crippen LogP contribution < -0.4 is 5.32 Å². The topological polar surface area (TPSA) is 55.4 Å². The van der Waals surface area contributed by atoms with Crippen LogP contribution >= 0.6 is 0 Å². The molecule has 0 bridgehead atoms. The van der Waals surface area contributed by atoms with Gasteiger partial charge in [0.25, 0.3) is 0 Å². The molecule has 2 atom stereocenters. The first-order valence-electron chi connectivity index (χ1n) is 6.76. The smallest absolute Gasteiger partial charge is 0.332 e.